The van der Waals surface area contributed by atoms with E-state index >= 15 is 0 Å². The summed E-state index contributed by atoms with van der Waals surface area (Å²) in [6.07, 6.45) is 12.0. The molecule has 0 saturated heterocycles. The number of nitrogens with one attached hydrogen (secondary N) is 1. The van der Waals surface area contributed by atoms with E-state index in [2.05, 4.69) is 39.2 Å². The summed E-state index contributed by atoms with van der Waals surface area (Å²) in [5.41, 5.74) is 1.42. The van der Waals surface area contributed by atoms with Crippen LogP contribution in [0.2, 0.25) is 0 Å². The van der Waals surface area contributed by atoms with Crippen molar-refractivity contribution in [2.75, 3.05) is 7.05 Å². The maximum atomic E-state index is 3.36. The van der Waals surface area contributed by atoms with Gasteiger partial charge in [-0.05, 0) is 27.3 Å². The van der Waals surface area contributed by atoms with Crippen molar-refractivity contribution < 1.29 is 0 Å². The molecule has 0 radical (unpaired) electrons. The molecular weight excluding hydrogens is 182 g/mol. The second-order valence-electron chi connectivity index (χ2n) is 4.70. The van der Waals surface area contributed by atoms with Crippen LogP contribution in [-0.4, -0.2) is 13.1 Å². The van der Waals surface area contributed by atoms with Gasteiger partial charge in [0, 0.05) is 6.04 Å². The average molecular weight is 211 g/mol. The molecule has 1 atom stereocenters. The van der Waals surface area contributed by atoms with Crippen LogP contribution in [0.15, 0.2) is 11.6 Å². The molecule has 0 heterocycles. The van der Waals surface area contributed by atoms with Gasteiger partial charge in [0.2, 0.25) is 0 Å². The zero-order valence-electron chi connectivity index (χ0n) is 11.1. The fourth-order valence-electron chi connectivity index (χ4n) is 1.86. The second kappa shape index (κ2) is 10.2. The highest BCUT2D eigenvalue weighted by Gasteiger charge is 2.01. The summed E-state index contributed by atoms with van der Waals surface area (Å²) in [7, 11) is 2.06. The van der Waals surface area contributed by atoms with Gasteiger partial charge in [0.1, 0.15) is 0 Å². The Hall–Kier alpha value is -0.300. The zero-order valence-corrected chi connectivity index (χ0v) is 11.1. The average Bonchev–Trinajstić information content (AvgIpc) is 2.20. The monoisotopic (exact) mass is 211 g/mol. The molecule has 0 aromatic heterocycles. The van der Waals surface area contributed by atoms with Gasteiger partial charge in [-0.15, -0.1) is 0 Å². The zero-order chi connectivity index (χ0) is 11.5. The minimum atomic E-state index is 0.584. The van der Waals surface area contributed by atoms with Crippen LogP contribution >= 0.6 is 0 Å². The number of likely N-dealkylation sites (N-methyl/N-ethyl adjacent to an activating group) is 1. The molecule has 1 N–H and O–H groups in total. The molecule has 0 spiro atoms. The van der Waals surface area contributed by atoms with E-state index in [1.165, 1.54) is 50.5 Å². The first-order chi connectivity index (χ1) is 7.20. The fraction of sp³-hybridized carbons (Fsp3) is 0.857. The predicted molar refractivity (Wildman–Crippen MR) is 70.3 cm³/mol. The molecule has 0 aliphatic rings. The largest absolute Gasteiger partial charge is 0.314 e. The van der Waals surface area contributed by atoms with Crippen molar-refractivity contribution in [1.29, 1.82) is 0 Å². The first-order valence-corrected chi connectivity index (χ1v) is 6.53. The number of hydrogen-bond acceptors (Lipinski definition) is 1. The van der Waals surface area contributed by atoms with Gasteiger partial charge in [-0.2, -0.15) is 0 Å². The third kappa shape index (κ3) is 9.99. The van der Waals surface area contributed by atoms with E-state index < -0.39 is 0 Å². The molecule has 1 heteroatoms. The van der Waals surface area contributed by atoms with Crippen LogP contribution in [0.4, 0.5) is 0 Å². The Bertz CT molecular complexity index is 157. The predicted octanol–water partition coefficient (Wildman–Crippen LogP) is 4.29. The summed E-state index contributed by atoms with van der Waals surface area (Å²) >= 11 is 0. The minimum Gasteiger partial charge on any atom is -0.314 e. The Morgan fingerprint density at radius 3 is 2.20 bits per heavy atom. The molecule has 90 valence electrons. The molecule has 0 saturated carbocycles. The minimum absolute atomic E-state index is 0.584. The highest BCUT2D eigenvalue weighted by atomic mass is 14.9. The van der Waals surface area contributed by atoms with E-state index in [1.54, 1.807) is 0 Å². The van der Waals surface area contributed by atoms with Gasteiger partial charge < -0.3 is 5.32 Å². The molecule has 0 aromatic carbocycles. The Labute approximate surface area is 96.3 Å². The van der Waals surface area contributed by atoms with E-state index in [4.69, 9.17) is 0 Å². The van der Waals surface area contributed by atoms with Crippen molar-refractivity contribution in [2.24, 2.45) is 0 Å². The number of allylic oxidation sites excluding steroid dienone is 1. The van der Waals surface area contributed by atoms with E-state index in [1.807, 2.05) is 0 Å². The van der Waals surface area contributed by atoms with Crippen molar-refractivity contribution in [3.05, 3.63) is 11.6 Å². The lowest BCUT2D eigenvalue weighted by molar-refractivity contribution is 0.535. The highest BCUT2D eigenvalue weighted by Crippen LogP contribution is 2.09. The maximum absolute atomic E-state index is 3.36. The van der Waals surface area contributed by atoms with Crippen molar-refractivity contribution in [3.63, 3.8) is 0 Å². The molecule has 0 aromatic rings. The lowest BCUT2D eigenvalue weighted by Crippen LogP contribution is -2.22. The van der Waals surface area contributed by atoms with Gasteiger partial charge in [0.05, 0.1) is 0 Å². The summed E-state index contributed by atoms with van der Waals surface area (Å²) in [5.74, 6) is 0. The van der Waals surface area contributed by atoms with Crippen molar-refractivity contribution in [2.45, 2.75) is 71.8 Å². The molecule has 1 unspecified atom stereocenters. The van der Waals surface area contributed by atoms with E-state index in [0.29, 0.717) is 6.04 Å². The summed E-state index contributed by atoms with van der Waals surface area (Å²) in [4.78, 5) is 0. The first kappa shape index (κ1) is 14.7. The van der Waals surface area contributed by atoms with Gasteiger partial charge >= 0.3 is 0 Å². The molecule has 15 heavy (non-hydrogen) atoms. The number of unbranched alkanes of at least 4 members (excludes halogenated alkanes) is 5. The molecule has 0 amide bonds. The Morgan fingerprint density at radius 2 is 1.67 bits per heavy atom. The van der Waals surface area contributed by atoms with Crippen LogP contribution in [0, 0.1) is 0 Å². The van der Waals surface area contributed by atoms with Gasteiger partial charge in [-0.3, -0.25) is 0 Å². The summed E-state index contributed by atoms with van der Waals surface area (Å²) < 4.78 is 0. The second-order valence-corrected chi connectivity index (χ2v) is 4.70. The first-order valence-electron chi connectivity index (χ1n) is 6.53. The highest BCUT2D eigenvalue weighted by molar-refractivity contribution is 5.00. The molecule has 0 bridgehead atoms. The van der Waals surface area contributed by atoms with Gasteiger partial charge in [0.15, 0.2) is 0 Å². The summed E-state index contributed by atoms with van der Waals surface area (Å²) in [6, 6.07) is 0.584. The van der Waals surface area contributed by atoms with Crippen LogP contribution in [0.3, 0.4) is 0 Å². The smallest absolute Gasteiger partial charge is 0.0249 e. The van der Waals surface area contributed by atoms with Crippen molar-refractivity contribution in [3.8, 4) is 0 Å². The van der Waals surface area contributed by atoms with Crippen LogP contribution in [0.1, 0.15) is 65.7 Å². The lowest BCUT2D eigenvalue weighted by Gasteiger charge is -2.12. The van der Waals surface area contributed by atoms with Crippen molar-refractivity contribution in [1.82, 2.24) is 5.32 Å². The lowest BCUT2D eigenvalue weighted by atomic mass is 10.0. The Kier molecular flexibility index (Phi) is 10.0. The summed E-state index contributed by atoms with van der Waals surface area (Å²) in [5, 5.41) is 3.36. The van der Waals surface area contributed by atoms with E-state index in [9.17, 15) is 0 Å². The maximum Gasteiger partial charge on any atom is 0.0249 e. The van der Waals surface area contributed by atoms with E-state index in [0.717, 1.165) is 0 Å². The topological polar surface area (TPSA) is 12.0 Å². The molecule has 0 aliphatic carbocycles. The quantitative estimate of drug-likeness (QED) is 0.443. The Balaban J connectivity index is 3.43. The third-order valence-corrected chi connectivity index (χ3v) is 2.77. The van der Waals surface area contributed by atoms with Gasteiger partial charge in [-0.1, -0.05) is 57.1 Å². The third-order valence-electron chi connectivity index (χ3n) is 2.77. The van der Waals surface area contributed by atoms with Gasteiger partial charge in [0.25, 0.3) is 0 Å². The Morgan fingerprint density at radius 1 is 1.07 bits per heavy atom. The number of rotatable bonds is 9. The molecular formula is C14H29N. The SMILES string of the molecule is CCCCCCCCC(C=C(C)C)NC. The fourth-order valence-corrected chi connectivity index (χ4v) is 1.86. The normalized spacial score (nSPS) is 12.5. The van der Waals surface area contributed by atoms with Gasteiger partial charge in [-0.25, -0.2) is 0 Å². The van der Waals surface area contributed by atoms with E-state index in [-0.39, 0.29) is 0 Å². The molecule has 1 nitrogen and oxygen atoms in total. The number of hydrogen-bond donors (Lipinski definition) is 1. The molecule has 0 aliphatic heterocycles. The summed E-state index contributed by atoms with van der Waals surface area (Å²) in [6.45, 7) is 6.61. The van der Waals surface area contributed by atoms with Crippen LogP contribution < -0.4 is 5.32 Å². The molecule has 0 fully saturated rings. The molecule has 0 rings (SSSR count). The van der Waals surface area contributed by atoms with Crippen LogP contribution in [-0.2, 0) is 0 Å². The van der Waals surface area contributed by atoms with Crippen LogP contribution in [0.25, 0.3) is 0 Å². The van der Waals surface area contributed by atoms with Crippen molar-refractivity contribution >= 4 is 0 Å². The standard InChI is InChI=1S/C14H29N/c1-5-6-7-8-9-10-11-14(15-4)12-13(2)3/h12,14-15H,5-11H2,1-4H3. The van der Waals surface area contributed by atoms with Crippen LogP contribution in [0.5, 0.6) is 0 Å².